The molecule has 1 aliphatic rings. The summed E-state index contributed by atoms with van der Waals surface area (Å²) in [7, 11) is -3.22. The largest absolute Gasteiger partial charge is 0.385 e. The van der Waals surface area contributed by atoms with Crippen LogP contribution in [0.2, 0.25) is 0 Å². The molecule has 3 atom stereocenters. The minimum Gasteiger partial charge on any atom is -0.385 e. The van der Waals surface area contributed by atoms with Gasteiger partial charge in [-0.25, -0.2) is 22.9 Å². The summed E-state index contributed by atoms with van der Waals surface area (Å²) in [5.41, 5.74) is 1.61. The van der Waals surface area contributed by atoms with Crippen molar-refractivity contribution in [3.8, 4) is 0 Å². The first-order valence-electron chi connectivity index (χ1n) is 7.40. The zero-order valence-corrected chi connectivity index (χ0v) is 13.5. The van der Waals surface area contributed by atoms with E-state index >= 15 is 0 Å². The topological polar surface area (TPSA) is 72.2 Å². The van der Waals surface area contributed by atoms with Gasteiger partial charge >= 0.3 is 0 Å². The van der Waals surface area contributed by atoms with E-state index in [1.54, 1.807) is 24.3 Å². The van der Waals surface area contributed by atoms with Gasteiger partial charge in [0.1, 0.15) is 9.71 Å². The fourth-order valence-electron chi connectivity index (χ4n) is 2.70. The maximum atomic E-state index is 13.1. The predicted molar refractivity (Wildman–Crippen MR) is 88.4 cm³/mol. The SMILES string of the molecule is NS(=O)(=C=O)c1ccc([C@H]2CC2CNc2ccc(F)c(F)c2)cc1. The molecular formula is C17H16F2N2O2S. The molecule has 126 valence electrons. The second kappa shape index (κ2) is 6.36. The van der Waals surface area contributed by atoms with Crippen LogP contribution in [-0.4, -0.2) is 16.0 Å². The van der Waals surface area contributed by atoms with Gasteiger partial charge in [-0.3, -0.25) is 0 Å². The minimum atomic E-state index is -3.22. The molecule has 0 spiro atoms. The number of halogens is 2. The van der Waals surface area contributed by atoms with Crippen molar-refractivity contribution in [3.05, 3.63) is 59.7 Å². The third-order valence-corrected chi connectivity index (χ3v) is 5.41. The molecule has 1 fully saturated rings. The van der Waals surface area contributed by atoms with Gasteiger partial charge in [0.15, 0.2) is 11.6 Å². The third kappa shape index (κ3) is 3.48. The van der Waals surface area contributed by atoms with E-state index < -0.39 is 21.3 Å². The average Bonchev–Trinajstić information content (AvgIpc) is 3.36. The first-order chi connectivity index (χ1) is 11.4. The first kappa shape index (κ1) is 16.6. The fourth-order valence-corrected chi connectivity index (χ4v) is 3.34. The maximum absolute atomic E-state index is 13.1. The highest BCUT2D eigenvalue weighted by atomic mass is 32.2. The standard InChI is InChI=1S/C17H16F2N2O2S/c18-16-6-3-13(8-17(16)19)21-9-12-7-15(12)11-1-4-14(5-2-11)24(20,23)10-22/h1-6,8,12,15,21H,7,9H2,(H2,20,23)/t12?,15-,24?/m1/s1. The van der Waals surface area contributed by atoms with Gasteiger partial charge in [0.05, 0.1) is 4.90 Å². The van der Waals surface area contributed by atoms with Crippen molar-refractivity contribution in [2.45, 2.75) is 17.2 Å². The molecular weight excluding hydrogens is 334 g/mol. The molecule has 7 heteroatoms. The third-order valence-electron chi connectivity index (χ3n) is 4.19. The Labute approximate surface area is 138 Å². The summed E-state index contributed by atoms with van der Waals surface area (Å²) in [6.07, 6.45) is 0.966. The van der Waals surface area contributed by atoms with E-state index in [1.807, 2.05) is 0 Å². The summed E-state index contributed by atoms with van der Waals surface area (Å²) in [6.45, 7) is 0.646. The van der Waals surface area contributed by atoms with Crippen LogP contribution in [0.25, 0.3) is 0 Å². The lowest BCUT2D eigenvalue weighted by Gasteiger charge is -2.07. The van der Waals surface area contributed by atoms with E-state index in [4.69, 9.17) is 5.14 Å². The second-order valence-electron chi connectivity index (χ2n) is 5.87. The van der Waals surface area contributed by atoms with E-state index in [-0.39, 0.29) is 4.90 Å². The summed E-state index contributed by atoms with van der Waals surface area (Å²) in [5, 5.41) is 9.84. The summed E-state index contributed by atoms with van der Waals surface area (Å²) in [6, 6.07) is 10.5. The fraction of sp³-hybridized carbons (Fsp3) is 0.235. The molecule has 0 aliphatic heterocycles. The van der Waals surface area contributed by atoms with Crippen LogP contribution in [0.4, 0.5) is 14.5 Å². The molecule has 0 heterocycles. The average molecular weight is 350 g/mol. The highest BCUT2D eigenvalue weighted by Gasteiger charge is 2.37. The second-order valence-corrected chi connectivity index (χ2v) is 7.70. The van der Waals surface area contributed by atoms with Crippen LogP contribution >= 0.6 is 0 Å². The Bertz CT molecular complexity index is 901. The minimum absolute atomic E-state index is 0.262. The molecule has 1 saturated carbocycles. The molecule has 0 saturated heterocycles. The van der Waals surface area contributed by atoms with E-state index in [9.17, 15) is 17.8 Å². The molecule has 2 unspecified atom stereocenters. The Hall–Kier alpha value is -2.21. The van der Waals surface area contributed by atoms with Crippen LogP contribution in [0.5, 0.6) is 0 Å². The summed E-state index contributed by atoms with van der Waals surface area (Å²) < 4.78 is 37.7. The molecule has 3 rings (SSSR count). The van der Waals surface area contributed by atoms with E-state index in [2.05, 4.69) is 5.32 Å². The van der Waals surface area contributed by atoms with Gasteiger partial charge in [0.25, 0.3) is 0 Å². The van der Waals surface area contributed by atoms with Crippen molar-refractivity contribution in [3.63, 3.8) is 0 Å². The van der Waals surface area contributed by atoms with Crippen LogP contribution in [0.1, 0.15) is 17.9 Å². The van der Waals surface area contributed by atoms with Gasteiger partial charge in [0, 0.05) is 12.2 Å². The summed E-state index contributed by atoms with van der Waals surface area (Å²) in [5.74, 6) is -1.02. The molecule has 0 bridgehead atoms. The molecule has 3 N–H and O–H groups in total. The maximum Gasteiger partial charge on any atom is 0.205 e. The number of hydrogen-bond donors (Lipinski definition) is 2. The Kier molecular flexibility index (Phi) is 4.41. The lowest BCUT2D eigenvalue weighted by molar-refractivity contribution is 0.509. The number of rotatable bonds is 5. The zero-order chi connectivity index (χ0) is 17.3. The summed E-state index contributed by atoms with van der Waals surface area (Å²) in [4.78, 5) is 10.9. The molecule has 4 nitrogen and oxygen atoms in total. The highest BCUT2D eigenvalue weighted by molar-refractivity contribution is 7.98. The Morgan fingerprint density at radius 2 is 1.88 bits per heavy atom. The molecule has 0 aromatic heterocycles. The van der Waals surface area contributed by atoms with Gasteiger partial charge in [0.2, 0.25) is 5.23 Å². The van der Waals surface area contributed by atoms with Crippen molar-refractivity contribution in [1.82, 2.24) is 0 Å². The van der Waals surface area contributed by atoms with Crippen LogP contribution < -0.4 is 10.5 Å². The normalized spacial score (nSPS) is 21.6. The number of nitrogens with one attached hydrogen (secondary N) is 1. The molecule has 2 aromatic rings. The van der Waals surface area contributed by atoms with Crippen LogP contribution in [0, 0.1) is 17.6 Å². The van der Waals surface area contributed by atoms with Gasteiger partial charge < -0.3 is 5.32 Å². The van der Waals surface area contributed by atoms with E-state index in [0.29, 0.717) is 24.1 Å². The number of benzene rings is 2. The van der Waals surface area contributed by atoms with Crippen LogP contribution in [0.3, 0.4) is 0 Å². The van der Waals surface area contributed by atoms with Crippen molar-refractivity contribution in [1.29, 1.82) is 0 Å². The van der Waals surface area contributed by atoms with Crippen molar-refractivity contribution < 1.29 is 17.8 Å². The monoisotopic (exact) mass is 350 g/mol. The van der Waals surface area contributed by atoms with Gasteiger partial charge in [-0.05, 0) is 54.2 Å². The van der Waals surface area contributed by atoms with Crippen molar-refractivity contribution in [2.75, 3.05) is 11.9 Å². The lowest BCUT2D eigenvalue weighted by Crippen LogP contribution is -2.13. The predicted octanol–water partition coefficient (Wildman–Crippen LogP) is 2.76. The lowest BCUT2D eigenvalue weighted by atomic mass is 10.1. The quantitative estimate of drug-likeness (QED) is 0.815. The molecule has 2 aromatic carbocycles. The smallest absolute Gasteiger partial charge is 0.205 e. The molecule has 1 aliphatic carbocycles. The Morgan fingerprint density at radius 1 is 1.17 bits per heavy atom. The van der Waals surface area contributed by atoms with Gasteiger partial charge in [-0.1, -0.05) is 12.1 Å². The van der Waals surface area contributed by atoms with Crippen LogP contribution in [-0.2, 0) is 14.5 Å². The van der Waals surface area contributed by atoms with E-state index in [0.717, 1.165) is 24.1 Å². The van der Waals surface area contributed by atoms with Gasteiger partial charge in [-0.2, -0.15) is 0 Å². The van der Waals surface area contributed by atoms with Crippen molar-refractivity contribution in [2.24, 2.45) is 11.1 Å². The number of hydrogen-bond acceptors (Lipinski definition) is 3. The van der Waals surface area contributed by atoms with Gasteiger partial charge in [-0.15, -0.1) is 0 Å². The highest BCUT2D eigenvalue weighted by Crippen LogP contribution is 2.47. The van der Waals surface area contributed by atoms with E-state index in [1.165, 1.54) is 11.3 Å². The first-order valence-corrected chi connectivity index (χ1v) is 9.02. The van der Waals surface area contributed by atoms with Crippen LogP contribution in [0.15, 0.2) is 47.4 Å². The number of nitrogens with two attached hydrogens (primary N) is 1. The zero-order valence-electron chi connectivity index (χ0n) is 12.7. The molecule has 24 heavy (non-hydrogen) atoms. The Morgan fingerprint density at radius 3 is 2.50 bits per heavy atom. The molecule has 0 amide bonds. The molecule has 0 radical (unpaired) electrons. The number of anilines is 1. The Balaban J connectivity index is 1.60. The van der Waals surface area contributed by atoms with Crippen molar-refractivity contribution >= 4 is 20.6 Å². The summed E-state index contributed by atoms with van der Waals surface area (Å²) >= 11 is 0. The number of carbonyl (C=O) groups excluding carboxylic acids is 1.